The standard InChI is InChI=1S/C19H25NO3S/c1-5-22-17-10-8-15(12-18(17)23-6-2)19(21)20-13(3)11-16-9-7-14(4)24-16/h7-10,12-13H,5-6,11H2,1-4H3,(H,20,21). The van der Waals surface area contributed by atoms with Gasteiger partial charge in [-0.25, -0.2) is 0 Å². The van der Waals surface area contributed by atoms with Crippen molar-refractivity contribution in [2.24, 2.45) is 0 Å². The van der Waals surface area contributed by atoms with Crippen LogP contribution in [-0.2, 0) is 6.42 Å². The predicted octanol–water partition coefficient (Wildman–Crippen LogP) is 4.21. The Morgan fingerprint density at radius 2 is 1.83 bits per heavy atom. The first-order chi connectivity index (χ1) is 11.5. The Labute approximate surface area is 147 Å². The van der Waals surface area contributed by atoms with Gasteiger partial charge in [0.25, 0.3) is 5.91 Å². The molecule has 0 saturated heterocycles. The monoisotopic (exact) mass is 347 g/mol. The number of thiophene rings is 1. The fourth-order valence-electron chi connectivity index (χ4n) is 2.45. The Balaban J connectivity index is 2.04. The van der Waals surface area contributed by atoms with Crippen molar-refractivity contribution in [2.75, 3.05) is 13.2 Å². The lowest BCUT2D eigenvalue weighted by molar-refractivity contribution is 0.0939. The minimum atomic E-state index is -0.0974. The number of benzene rings is 1. The van der Waals surface area contributed by atoms with Crippen LogP contribution < -0.4 is 14.8 Å². The predicted molar refractivity (Wildman–Crippen MR) is 98.5 cm³/mol. The third-order valence-electron chi connectivity index (χ3n) is 3.49. The second-order valence-electron chi connectivity index (χ2n) is 5.62. The van der Waals surface area contributed by atoms with Crippen molar-refractivity contribution in [2.45, 2.75) is 40.2 Å². The van der Waals surface area contributed by atoms with Crippen molar-refractivity contribution in [3.05, 3.63) is 45.6 Å². The highest BCUT2D eigenvalue weighted by molar-refractivity contribution is 7.11. The average molecular weight is 347 g/mol. The van der Waals surface area contributed by atoms with Crippen LogP contribution in [0.25, 0.3) is 0 Å². The molecule has 1 N–H and O–H groups in total. The minimum Gasteiger partial charge on any atom is -0.490 e. The third-order valence-corrected chi connectivity index (χ3v) is 4.51. The van der Waals surface area contributed by atoms with Gasteiger partial charge in [-0.2, -0.15) is 0 Å². The topological polar surface area (TPSA) is 47.6 Å². The highest BCUT2D eigenvalue weighted by atomic mass is 32.1. The van der Waals surface area contributed by atoms with Crippen LogP contribution in [-0.4, -0.2) is 25.2 Å². The lowest BCUT2D eigenvalue weighted by Gasteiger charge is -2.15. The van der Waals surface area contributed by atoms with Gasteiger partial charge >= 0.3 is 0 Å². The van der Waals surface area contributed by atoms with E-state index in [0.717, 1.165) is 6.42 Å². The molecule has 0 radical (unpaired) electrons. The van der Waals surface area contributed by atoms with Gasteiger partial charge in [-0.3, -0.25) is 4.79 Å². The second-order valence-corrected chi connectivity index (χ2v) is 6.99. The van der Waals surface area contributed by atoms with Gasteiger partial charge in [-0.15, -0.1) is 11.3 Å². The van der Waals surface area contributed by atoms with Gasteiger partial charge in [0, 0.05) is 27.8 Å². The average Bonchev–Trinajstić information content (AvgIpc) is 2.94. The smallest absolute Gasteiger partial charge is 0.251 e. The molecule has 2 aromatic rings. The number of carbonyl (C=O) groups is 1. The maximum atomic E-state index is 12.5. The van der Waals surface area contributed by atoms with Gasteiger partial charge in [-0.1, -0.05) is 0 Å². The van der Waals surface area contributed by atoms with E-state index in [9.17, 15) is 4.79 Å². The molecule has 24 heavy (non-hydrogen) atoms. The summed E-state index contributed by atoms with van der Waals surface area (Å²) in [5.41, 5.74) is 0.580. The molecule has 1 atom stereocenters. The number of nitrogens with one attached hydrogen (secondary N) is 1. The van der Waals surface area contributed by atoms with Crippen molar-refractivity contribution in [1.29, 1.82) is 0 Å². The fourth-order valence-corrected chi connectivity index (χ4v) is 3.47. The van der Waals surface area contributed by atoms with Crippen molar-refractivity contribution >= 4 is 17.2 Å². The Morgan fingerprint density at radius 3 is 2.46 bits per heavy atom. The number of carbonyl (C=O) groups excluding carboxylic acids is 1. The quantitative estimate of drug-likeness (QED) is 0.778. The van der Waals surface area contributed by atoms with Gasteiger partial charge in [0.1, 0.15) is 0 Å². The molecule has 0 aliphatic rings. The van der Waals surface area contributed by atoms with E-state index in [-0.39, 0.29) is 11.9 Å². The number of rotatable bonds is 8. The lowest BCUT2D eigenvalue weighted by Crippen LogP contribution is -2.33. The first-order valence-electron chi connectivity index (χ1n) is 8.29. The van der Waals surface area contributed by atoms with Crippen molar-refractivity contribution in [3.8, 4) is 11.5 Å². The summed E-state index contributed by atoms with van der Waals surface area (Å²) >= 11 is 1.77. The molecule has 1 heterocycles. The molecule has 5 heteroatoms. The Kier molecular flexibility index (Phi) is 6.67. The number of hydrogen-bond donors (Lipinski definition) is 1. The Bertz CT molecular complexity index is 681. The molecular formula is C19H25NO3S. The van der Waals surface area contributed by atoms with Crippen molar-refractivity contribution in [3.63, 3.8) is 0 Å². The summed E-state index contributed by atoms with van der Waals surface area (Å²) in [6.07, 6.45) is 0.833. The summed E-state index contributed by atoms with van der Waals surface area (Å²) < 4.78 is 11.1. The van der Waals surface area contributed by atoms with Crippen LogP contribution >= 0.6 is 11.3 Å². The molecule has 0 bridgehead atoms. The molecule has 0 aliphatic carbocycles. The number of aryl methyl sites for hydroxylation is 1. The van der Waals surface area contributed by atoms with E-state index in [1.54, 1.807) is 29.5 Å². The van der Waals surface area contributed by atoms with Crippen LogP contribution in [0.15, 0.2) is 30.3 Å². The van der Waals surface area contributed by atoms with E-state index in [1.165, 1.54) is 9.75 Å². The molecule has 1 aromatic heterocycles. The van der Waals surface area contributed by atoms with Gasteiger partial charge < -0.3 is 14.8 Å². The number of amides is 1. The van der Waals surface area contributed by atoms with Crippen LogP contribution in [0.2, 0.25) is 0 Å². The fraction of sp³-hybridized carbons (Fsp3) is 0.421. The molecular weight excluding hydrogens is 322 g/mol. The largest absolute Gasteiger partial charge is 0.490 e. The molecule has 130 valence electrons. The van der Waals surface area contributed by atoms with Crippen molar-refractivity contribution < 1.29 is 14.3 Å². The minimum absolute atomic E-state index is 0.0673. The summed E-state index contributed by atoms with van der Waals surface area (Å²) in [4.78, 5) is 15.0. The molecule has 1 aromatic carbocycles. The van der Waals surface area contributed by atoms with Crippen LogP contribution in [0.4, 0.5) is 0 Å². The van der Waals surface area contributed by atoms with E-state index < -0.39 is 0 Å². The summed E-state index contributed by atoms with van der Waals surface area (Å²) in [5, 5.41) is 3.05. The summed E-state index contributed by atoms with van der Waals surface area (Å²) in [6.45, 7) is 9.03. The van der Waals surface area contributed by atoms with Gasteiger partial charge in [0.15, 0.2) is 11.5 Å². The zero-order valence-corrected chi connectivity index (χ0v) is 15.5. The molecule has 0 fully saturated rings. The molecule has 0 aliphatic heterocycles. The van der Waals surface area contributed by atoms with E-state index in [4.69, 9.17) is 9.47 Å². The highest BCUT2D eigenvalue weighted by Crippen LogP contribution is 2.28. The molecule has 2 rings (SSSR count). The lowest BCUT2D eigenvalue weighted by atomic mass is 10.1. The first-order valence-corrected chi connectivity index (χ1v) is 9.11. The van der Waals surface area contributed by atoms with Gasteiger partial charge in [0.05, 0.1) is 13.2 Å². The van der Waals surface area contributed by atoms with Crippen LogP contribution in [0, 0.1) is 6.92 Å². The normalized spacial score (nSPS) is 11.8. The molecule has 4 nitrogen and oxygen atoms in total. The van der Waals surface area contributed by atoms with Crippen LogP contribution in [0.3, 0.4) is 0 Å². The van der Waals surface area contributed by atoms with Crippen molar-refractivity contribution in [1.82, 2.24) is 5.32 Å². The second kappa shape index (κ2) is 8.73. The Morgan fingerprint density at radius 1 is 1.12 bits per heavy atom. The van der Waals surface area contributed by atoms with E-state index in [0.29, 0.717) is 30.3 Å². The van der Waals surface area contributed by atoms with Gasteiger partial charge in [0.2, 0.25) is 0 Å². The molecule has 0 saturated carbocycles. The number of hydrogen-bond acceptors (Lipinski definition) is 4. The summed E-state index contributed by atoms with van der Waals surface area (Å²) in [5.74, 6) is 1.17. The third kappa shape index (κ3) is 4.99. The summed E-state index contributed by atoms with van der Waals surface area (Å²) in [6, 6.07) is 9.59. The molecule has 0 spiro atoms. The number of ether oxygens (including phenoxy) is 2. The van der Waals surface area contributed by atoms with Crippen LogP contribution in [0.5, 0.6) is 11.5 Å². The summed E-state index contributed by atoms with van der Waals surface area (Å²) in [7, 11) is 0. The SMILES string of the molecule is CCOc1ccc(C(=O)NC(C)Cc2ccc(C)s2)cc1OCC. The Hall–Kier alpha value is -2.01. The van der Waals surface area contributed by atoms with E-state index in [1.807, 2.05) is 20.8 Å². The van der Waals surface area contributed by atoms with E-state index in [2.05, 4.69) is 24.4 Å². The van der Waals surface area contributed by atoms with Crippen LogP contribution in [0.1, 0.15) is 40.9 Å². The highest BCUT2D eigenvalue weighted by Gasteiger charge is 2.14. The molecule has 1 amide bonds. The first kappa shape index (κ1) is 18.3. The zero-order chi connectivity index (χ0) is 17.5. The van der Waals surface area contributed by atoms with Gasteiger partial charge in [-0.05, 0) is 58.0 Å². The maximum absolute atomic E-state index is 12.5. The van der Waals surface area contributed by atoms with E-state index >= 15 is 0 Å². The zero-order valence-electron chi connectivity index (χ0n) is 14.7. The molecule has 1 unspecified atom stereocenters. The maximum Gasteiger partial charge on any atom is 0.251 e.